The second-order valence-corrected chi connectivity index (χ2v) is 4.87. The number of rotatable bonds is 5. The molecule has 18 heavy (non-hydrogen) atoms. The summed E-state index contributed by atoms with van der Waals surface area (Å²) in [4.78, 5) is 11.9. The molecule has 2 N–H and O–H groups in total. The molecule has 0 aliphatic heterocycles. The monoisotopic (exact) mass is 250 g/mol. The Kier molecular flexibility index (Phi) is 4.73. The van der Waals surface area contributed by atoms with Crippen LogP contribution in [0, 0.1) is 6.92 Å². The minimum Gasteiger partial charge on any atom is -0.496 e. The number of carbonyl (C=O) groups is 1. The predicted molar refractivity (Wildman–Crippen MR) is 72.7 cm³/mol. The molecule has 4 nitrogen and oxygen atoms in total. The molecule has 0 aliphatic rings. The van der Waals surface area contributed by atoms with Crippen LogP contribution in [0.15, 0.2) is 18.2 Å². The molecule has 100 valence electrons. The molecule has 0 heterocycles. The molecule has 1 amide bonds. The molecular weight excluding hydrogens is 228 g/mol. The molecule has 0 aromatic heterocycles. The summed E-state index contributed by atoms with van der Waals surface area (Å²) in [6, 6.07) is 5.92. The minimum absolute atomic E-state index is 0.0337. The highest BCUT2D eigenvalue weighted by atomic mass is 16.5. The molecule has 0 bridgehead atoms. The van der Waals surface area contributed by atoms with Crippen LogP contribution in [0.1, 0.15) is 25.0 Å². The van der Waals surface area contributed by atoms with Crippen molar-refractivity contribution in [2.75, 3.05) is 14.2 Å². The van der Waals surface area contributed by atoms with Gasteiger partial charge in [-0.05, 0) is 33.9 Å². The van der Waals surface area contributed by atoms with Crippen LogP contribution in [0.3, 0.4) is 0 Å². The van der Waals surface area contributed by atoms with E-state index in [0.717, 1.165) is 16.9 Å². The normalized spacial score (nSPS) is 11.2. The van der Waals surface area contributed by atoms with Gasteiger partial charge >= 0.3 is 0 Å². The van der Waals surface area contributed by atoms with Gasteiger partial charge in [0.25, 0.3) is 0 Å². The third-order valence-electron chi connectivity index (χ3n) is 3.07. The molecule has 0 atom stereocenters. The van der Waals surface area contributed by atoms with Crippen molar-refractivity contribution in [3.8, 4) is 5.75 Å². The summed E-state index contributed by atoms with van der Waals surface area (Å²) in [7, 11) is 3.40. The van der Waals surface area contributed by atoms with Gasteiger partial charge in [0, 0.05) is 12.1 Å². The second kappa shape index (κ2) is 5.87. The van der Waals surface area contributed by atoms with Crippen LogP contribution in [0.2, 0.25) is 0 Å². The van der Waals surface area contributed by atoms with Crippen molar-refractivity contribution in [1.82, 2.24) is 10.6 Å². The third-order valence-corrected chi connectivity index (χ3v) is 3.07. The predicted octanol–water partition coefficient (Wildman–Crippen LogP) is 1.62. The van der Waals surface area contributed by atoms with E-state index in [-0.39, 0.29) is 5.91 Å². The number of carbonyl (C=O) groups excluding carboxylic acids is 1. The summed E-state index contributed by atoms with van der Waals surface area (Å²) in [5.74, 6) is 0.761. The summed E-state index contributed by atoms with van der Waals surface area (Å²) in [6.07, 6.45) is 0. The minimum atomic E-state index is -0.572. The maximum absolute atomic E-state index is 11.9. The molecular formula is C14H22N2O2. The van der Waals surface area contributed by atoms with Crippen molar-refractivity contribution in [1.29, 1.82) is 0 Å². The topological polar surface area (TPSA) is 50.4 Å². The van der Waals surface area contributed by atoms with Crippen molar-refractivity contribution < 1.29 is 9.53 Å². The lowest BCUT2D eigenvalue weighted by Crippen LogP contribution is -2.50. The van der Waals surface area contributed by atoms with Crippen molar-refractivity contribution in [3.63, 3.8) is 0 Å². The van der Waals surface area contributed by atoms with E-state index in [1.54, 1.807) is 14.2 Å². The molecule has 1 aromatic rings. The lowest BCUT2D eigenvalue weighted by atomic mass is 10.0. The fourth-order valence-corrected chi connectivity index (χ4v) is 1.56. The fraction of sp³-hybridized carbons (Fsp3) is 0.500. The Hall–Kier alpha value is -1.55. The first-order valence-electron chi connectivity index (χ1n) is 6.01. The average molecular weight is 250 g/mol. The van der Waals surface area contributed by atoms with Gasteiger partial charge in [0.2, 0.25) is 5.91 Å². The van der Waals surface area contributed by atoms with Crippen LogP contribution < -0.4 is 15.4 Å². The highest BCUT2D eigenvalue weighted by Crippen LogP contribution is 2.19. The fourth-order valence-electron chi connectivity index (χ4n) is 1.56. The Morgan fingerprint density at radius 3 is 2.61 bits per heavy atom. The molecule has 0 saturated heterocycles. The first-order chi connectivity index (χ1) is 8.40. The molecule has 1 aromatic carbocycles. The number of benzene rings is 1. The zero-order valence-electron chi connectivity index (χ0n) is 11.8. The quantitative estimate of drug-likeness (QED) is 0.835. The molecule has 0 aliphatic carbocycles. The van der Waals surface area contributed by atoms with Gasteiger partial charge in [-0.1, -0.05) is 17.7 Å². The van der Waals surface area contributed by atoms with Crippen molar-refractivity contribution in [3.05, 3.63) is 29.3 Å². The van der Waals surface area contributed by atoms with Gasteiger partial charge in [-0.25, -0.2) is 0 Å². The number of hydrogen-bond acceptors (Lipinski definition) is 3. The van der Waals surface area contributed by atoms with E-state index in [1.165, 1.54) is 0 Å². The SMILES string of the molecule is CNC(C)(C)C(=O)NCc1cc(C)ccc1OC. The summed E-state index contributed by atoms with van der Waals surface area (Å²) < 4.78 is 5.28. The molecule has 4 heteroatoms. The maximum atomic E-state index is 11.9. The zero-order valence-corrected chi connectivity index (χ0v) is 11.8. The standard InChI is InChI=1S/C14H22N2O2/c1-10-6-7-12(18-5)11(8-10)9-16-13(17)14(2,3)15-4/h6-8,15H,9H2,1-5H3,(H,16,17). The first-order valence-corrected chi connectivity index (χ1v) is 6.01. The van der Waals surface area contributed by atoms with E-state index in [4.69, 9.17) is 4.74 Å². The summed E-state index contributed by atoms with van der Waals surface area (Å²) >= 11 is 0. The number of methoxy groups -OCH3 is 1. The summed E-state index contributed by atoms with van der Waals surface area (Å²) in [5.41, 5.74) is 1.56. The van der Waals surface area contributed by atoms with Crippen LogP contribution in [-0.4, -0.2) is 25.6 Å². The van der Waals surface area contributed by atoms with Gasteiger partial charge in [0.15, 0.2) is 0 Å². The van der Waals surface area contributed by atoms with E-state index in [1.807, 2.05) is 39.0 Å². The summed E-state index contributed by atoms with van der Waals surface area (Å²) in [6.45, 7) is 6.17. The van der Waals surface area contributed by atoms with Gasteiger partial charge in [-0.15, -0.1) is 0 Å². The van der Waals surface area contributed by atoms with Crippen LogP contribution in [0.5, 0.6) is 5.75 Å². The van der Waals surface area contributed by atoms with E-state index in [9.17, 15) is 4.79 Å². The molecule has 0 saturated carbocycles. The number of ether oxygens (including phenoxy) is 1. The zero-order chi connectivity index (χ0) is 13.8. The van der Waals surface area contributed by atoms with Gasteiger partial charge < -0.3 is 15.4 Å². The smallest absolute Gasteiger partial charge is 0.239 e. The number of hydrogen-bond donors (Lipinski definition) is 2. The highest BCUT2D eigenvalue weighted by Gasteiger charge is 2.24. The van der Waals surface area contributed by atoms with E-state index in [0.29, 0.717) is 6.54 Å². The van der Waals surface area contributed by atoms with Gasteiger partial charge in [0.1, 0.15) is 5.75 Å². The first kappa shape index (κ1) is 14.5. The Morgan fingerprint density at radius 1 is 1.39 bits per heavy atom. The summed E-state index contributed by atoms with van der Waals surface area (Å²) in [5, 5.41) is 5.88. The van der Waals surface area contributed by atoms with E-state index >= 15 is 0 Å². The number of likely N-dealkylation sites (N-methyl/N-ethyl adjacent to an activating group) is 1. The Bertz CT molecular complexity index is 428. The van der Waals surface area contributed by atoms with Crippen molar-refractivity contribution in [2.24, 2.45) is 0 Å². The molecule has 0 radical (unpaired) electrons. The number of amides is 1. The van der Waals surface area contributed by atoms with Gasteiger partial charge in [0.05, 0.1) is 12.6 Å². The van der Waals surface area contributed by atoms with Crippen molar-refractivity contribution >= 4 is 5.91 Å². The van der Waals surface area contributed by atoms with Gasteiger partial charge in [-0.3, -0.25) is 4.79 Å². The largest absolute Gasteiger partial charge is 0.496 e. The highest BCUT2D eigenvalue weighted by molar-refractivity contribution is 5.85. The molecule has 1 rings (SSSR count). The van der Waals surface area contributed by atoms with Crippen LogP contribution in [-0.2, 0) is 11.3 Å². The Balaban J connectivity index is 2.74. The van der Waals surface area contributed by atoms with E-state index in [2.05, 4.69) is 10.6 Å². The number of nitrogens with one attached hydrogen (secondary N) is 2. The lowest BCUT2D eigenvalue weighted by Gasteiger charge is -2.23. The molecule has 0 unspecified atom stereocenters. The van der Waals surface area contributed by atoms with Gasteiger partial charge in [-0.2, -0.15) is 0 Å². The Morgan fingerprint density at radius 2 is 2.06 bits per heavy atom. The maximum Gasteiger partial charge on any atom is 0.239 e. The van der Waals surface area contributed by atoms with E-state index < -0.39 is 5.54 Å². The average Bonchev–Trinajstić information content (AvgIpc) is 2.36. The second-order valence-electron chi connectivity index (χ2n) is 4.87. The molecule has 0 fully saturated rings. The van der Waals surface area contributed by atoms with Crippen molar-refractivity contribution in [2.45, 2.75) is 32.9 Å². The Labute approximate surface area is 109 Å². The number of aryl methyl sites for hydroxylation is 1. The van der Waals surface area contributed by atoms with Crippen LogP contribution >= 0.6 is 0 Å². The lowest BCUT2D eigenvalue weighted by molar-refractivity contribution is -0.126. The molecule has 0 spiro atoms. The third kappa shape index (κ3) is 3.47. The van der Waals surface area contributed by atoms with Crippen LogP contribution in [0.25, 0.3) is 0 Å². The van der Waals surface area contributed by atoms with Crippen LogP contribution in [0.4, 0.5) is 0 Å².